The number of hydrogen-bond acceptors (Lipinski definition) is 5. The number of anilines is 1. The molecule has 2 aromatic carbocycles. The number of Topliss-reactive ketones (excluding diaryl/α,β-unsaturated/α-hetero) is 1. The molecule has 0 aromatic heterocycles. The van der Waals surface area contributed by atoms with E-state index >= 15 is 0 Å². The number of nitrogens with zero attached hydrogens (tertiary/aromatic N) is 2. The summed E-state index contributed by atoms with van der Waals surface area (Å²) in [5.41, 5.74) is 6.31. The van der Waals surface area contributed by atoms with Crippen LogP contribution in [0.15, 0.2) is 71.1 Å². The van der Waals surface area contributed by atoms with Gasteiger partial charge in [-0.15, -0.1) is 0 Å². The number of nitrogens with one attached hydrogen (secondary N) is 1. The van der Waals surface area contributed by atoms with Crippen molar-refractivity contribution in [2.75, 3.05) is 26.1 Å². The fraction of sp³-hybridized carbons (Fsp3) is 0.308. The predicted octanol–water partition coefficient (Wildman–Crippen LogP) is 4.65. The maximum atomic E-state index is 13.4. The van der Waals surface area contributed by atoms with Crippen LogP contribution in [-0.2, 0) is 4.79 Å². The van der Waals surface area contributed by atoms with Crippen LogP contribution in [0.1, 0.15) is 42.7 Å². The van der Waals surface area contributed by atoms with Crippen molar-refractivity contribution in [2.45, 2.75) is 31.6 Å². The molecule has 5 heteroatoms. The number of methoxy groups -OCH3 is 1. The Morgan fingerprint density at radius 3 is 2.26 bits per heavy atom. The third kappa shape index (κ3) is 3.82. The quantitative estimate of drug-likeness (QED) is 0.791. The first kappa shape index (κ1) is 20.7. The molecule has 1 N–H and O–H groups in total. The van der Waals surface area contributed by atoms with Gasteiger partial charge in [0.1, 0.15) is 5.75 Å². The fourth-order valence-electron chi connectivity index (χ4n) is 4.60. The van der Waals surface area contributed by atoms with Crippen LogP contribution in [-0.4, -0.2) is 27.0 Å². The van der Waals surface area contributed by atoms with E-state index in [0.717, 1.165) is 46.0 Å². The summed E-state index contributed by atoms with van der Waals surface area (Å²) in [7, 11) is 5.64. The van der Waals surface area contributed by atoms with Crippen LogP contribution in [0.25, 0.3) is 0 Å². The highest BCUT2D eigenvalue weighted by atomic mass is 16.5. The van der Waals surface area contributed by atoms with E-state index in [4.69, 9.17) is 4.74 Å². The lowest BCUT2D eigenvalue weighted by atomic mass is 9.72. The van der Waals surface area contributed by atoms with Gasteiger partial charge in [0.2, 0.25) is 0 Å². The van der Waals surface area contributed by atoms with Crippen LogP contribution in [0.4, 0.5) is 5.69 Å². The van der Waals surface area contributed by atoms with Gasteiger partial charge in [0, 0.05) is 43.2 Å². The minimum atomic E-state index is -0.318. The Bertz CT molecular complexity index is 1100. The number of allylic oxidation sites excluding steroid dienone is 4. The van der Waals surface area contributed by atoms with E-state index in [0.29, 0.717) is 12.0 Å². The molecule has 158 valence electrons. The summed E-state index contributed by atoms with van der Waals surface area (Å²) >= 11 is 0. The van der Waals surface area contributed by atoms with E-state index in [2.05, 4.69) is 11.4 Å². The number of dihydropyridines is 1. The Kier molecular flexibility index (Phi) is 5.56. The third-order valence-electron chi connectivity index (χ3n) is 6.28. The summed E-state index contributed by atoms with van der Waals surface area (Å²) in [4.78, 5) is 15.4. The number of nitriles is 1. The molecule has 0 radical (unpaired) electrons. The van der Waals surface area contributed by atoms with Crippen LogP contribution in [0.2, 0.25) is 0 Å². The molecule has 2 aromatic rings. The van der Waals surface area contributed by atoms with E-state index in [-0.39, 0.29) is 17.6 Å². The average molecular weight is 414 g/mol. The molecule has 31 heavy (non-hydrogen) atoms. The second kappa shape index (κ2) is 8.31. The highest BCUT2D eigenvalue weighted by Crippen LogP contribution is 2.45. The first-order chi connectivity index (χ1) is 14.9. The lowest BCUT2D eigenvalue weighted by molar-refractivity contribution is -0.116. The molecule has 0 fully saturated rings. The molecule has 0 amide bonds. The number of carbonyl (C=O) groups excluding carboxylic acids is 1. The zero-order valence-electron chi connectivity index (χ0n) is 18.4. The second-order valence-electron chi connectivity index (χ2n) is 8.39. The minimum absolute atomic E-state index is 0.108. The smallest absolute Gasteiger partial charge is 0.162 e. The standard InChI is InChI=1S/C26H27N3O2/c1-16-22(15-27)25(18-5-9-20(10-6-18)29(2)3)26-23(28-16)13-19(14-24(26)30)17-7-11-21(31-4)12-8-17/h5-12,19,25,28H,13-14H2,1-4H3/t19-,25-/m1/s1. The van der Waals surface area contributed by atoms with Crippen molar-refractivity contribution in [3.8, 4) is 11.8 Å². The summed E-state index contributed by atoms with van der Waals surface area (Å²) in [5, 5.41) is 13.3. The van der Waals surface area contributed by atoms with Crippen molar-refractivity contribution < 1.29 is 9.53 Å². The summed E-state index contributed by atoms with van der Waals surface area (Å²) in [6.45, 7) is 1.92. The lowest BCUT2D eigenvalue weighted by Gasteiger charge is -2.35. The zero-order valence-corrected chi connectivity index (χ0v) is 18.4. The molecule has 5 nitrogen and oxygen atoms in total. The van der Waals surface area contributed by atoms with Gasteiger partial charge in [-0.25, -0.2) is 0 Å². The number of benzene rings is 2. The molecule has 2 atom stereocenters. The molecule has 1 aliphatic heterocycles. The van der Waals surface area contributed by atoms with Crippen molar-refractivity contribution in [1.29, 1.82) is 5.26 Å². The number of ether oxygens (including phenoxy) is 1. The van der Waals surface area contributed by atoms with E-state index in [1.807, 2.05) is 74.4 Å². The highest BCUT2D eigenvalue weighted by molar-refractivity contribution is 6.00. The maximum Gasteiger partial charge on any atom is 0.162 e. The monoisotopic (exact) mass is 413 g/mol. The SMILES string of the molecule is COc1ccc([C@H]2CC(=O)C3=C(C2)NC(C)=C(C#N)[C@H]3c2ccc(N(C)C)cc2)cc1. The van der Waals surface area contributed by atoms with E-state index < -0.39 is 0 Å². The summed E-state index contributed by atoms with van der Waals surface area (Å²) in [5.74, 6) is 0.705. The molecule has 0 saturated heterocycles. The normalized spacial score (nSPS) is 20.7. The van der Waals surface area contributed by atoms with Gasteiger partial charge in [0.25, 0.3) is 0 Å². The van der Waals surface area contributed by atoms with Gasteiger partial charge in [-0.3, -0.25) is 4.79 Å². The topological polar surface area (TPSA) is 65.4 Å². The molecular formula is C26H27N3O2. The van der Waals surface area contributed by atoms with Gasteiger partial charge in [0.05, 0.1) is 24.7 Å². The van der Waals surface area contributed by atoms with Crippen LogP contribution in [0.5, 0.6) is 5.75 Å². The van der Waals surface area contributed by atoms with Crippen molar-refractivity contribution in [3.63, 3.8) is 0 Å². The molecule has 0 unspecified atom stereocenters. The Morgan fingerprint density at radius 1 is 1.03 bits per heavy atom. The molecule has 0 saturated carbocycles. The van der Waals surface area contributed by atoms with Gasteiger partial charge >= 0.3 is 0 Å². The van der Waals surface area contributed by atoms with Crippen LogP contribution in [0.3, 0.4) is 0 Å². The highest BCUT2D eigenvalue weighted by Gasteiger charge is 2.38. The lowest BCUT2D eigenvalue weighted by Crippen LogP contribution is -2.33. The molecule has 1 heterocycles. The fourth-order valence-corrected chi connectivity index (χ4v) is 4.60. The maximum absolute atomic E-state index is 13.4. The van der Waals surface area contributed by atoms with Gasteiger partial charge < -0.3 is 15.0 Å². The van der Waals surface area contributed by atoms with Gasteiger partial charge in [-0.1, -0.05) is 24.3 Å². The van der Waals surface area contributed by atoms with E-state index in [1.54, 1.807) is 7.11 Å². The van der Waals surface area contributed by atoms with E-state index in [1.165, 1.54) is 0 Å². The second-order valence-corrected chi connectivity index (χ2v) is 8.39. The molecule has 1 aliphatic carbocycles. The number of carbonyl (C=O) groups is 1. The molecule has 2 aliphatic rings. The summed E-state index contributed by atoms with van der Waals surface area (Å²) in [6, 6.07) is 18.4. The van der Waals surface area contributed by atoms with Crippen molar-refractivity contribution in [1.82, 2.24) is 5.32 Å². The van der Waals surface area contributed by atoms with Crippen LogP contribution >= 0.6 is 0 Å². The first-order valence-electron chi connectivity index (χ1n) is 10.5. The van der Waals surface area contributed by atoms with Gasteiger partial charge in [0.15, 0.2) is 5.78 Å². The Labute approximate surface area is 183 Å². The summed E-state index contributed by atoms with van der Waals surface area (Å²) < 4.78 is 5.26. The van der Waals surface area contributed by atoms with E-state index in [9.17, 15) is 10.1 Å². The number of hydrogen-bond donors (Lipinski definition) is 1. The Hall–Kier alpha value is -3.52. The predicted molar refractivity (Wildman–Crippen MR) is 122 cm³/mol. The Balaban J connectivity index is 1.72. The average Bonchev–Trinajstić information content (AvgIpc) is 2.78. The van der Waals surface area contributed by atoms with Crippen molar-refractivity contribution in [2.24, 2.45) is 0 Å². The van der Waals surface area contributed by atoms with Crippen LogP contribution in [0, 0.1) is 11.3 Å². The van der Waals surface area contributed by atoms with Gasteiger partial charge in [-0.2, -0.15) is 5.26 Å². The molecule has 0 spiro atoms. The third-order valence-corrected chi connectivity index (χ3v) is 6.28. The first-order valence-corrected chi connectivity index (χ1v) is 10.5. The van der Waals surface area contributed by atoms with Crippen molar-refractivity contribution in [3.05, 3.63) is 82.2 Å². The zero-order chi connectivity index (χ0) is 22.1. The molecule has 4 rings (SSSR count). The molecular weight excluding hydrogens is 386 g/mol. The molecule has 0 bridgehead atoms. The van der Waals surface area contributed by atoms with Crippen LogP contribution < -0.4 is 15.0 Å². The summed E-state index contributed by atoms with van der Waals surface area (Å²) in [6.07, 6.45) is 1.19. The minimum Gasteiger partial charge on any atom is -0.497 e. The largest absolute Gasteiger partial charge is 0.497 e. The Morgan fingerprint density at radius 2 is 1.68 bits per heavy atom. The number of rotatable bonds is 4. The van der Waals surface area contributed by atoms with Crippen molar-refractivity contribution >= 4 is 11.5 Å². The number of ketones is 1. The van der Waals surface area contributed by atoms with Gasteiger partial charge in [-0.05, 0) is 54.7 Å².